The predicted octanol–water partition coefficient (Wildman–Crippen LogP) is 1.76. The molecule has 1 aliphatic heterocycles. The Labute approximate surface area is 158 Å². The lowest BCUT2D eigenvalue weighted by atomic mass is 10.2. The van der Waals surface area contributed by atoms with Crippen LogP contribution in [0.2, 0.25) is 5.15 Å². The van der Waals surface area contributed by atoms with Crippen LogP contribution in [0.3, 0.4) is 0 Å². The Morgan fingerprint density at radius 1 is 1.23 bits per heavy atom. The van der Waals surface area contributed by atoms with E-state index >= 15 is 0 Å². The summed E-state index contributed by atoms with van der Waals surface area (Å²) in [4.78, 5) is 37.8. The lowest BCUT2D eigenvalue weighted by Gasteiger charge is -2.34. The van der Waals surface area contributed by atoms with E-state index in [1.807, 2.05) is 10.3 Å². The standard InChI is InChI=1S/C17H16ClN5O2S/c18-14-2-1-12(10-19-14)16(25)22-5-3-21(4-6-22)11-13-9-15(24)23-7-8-26-17(23)20-13/h1-2,7-10H,3-6,11H2. The molecule has 0 radical (unpaired) electrons. The van der Waals surface area contributed by atoms with Gasteiger partial charge in [0.05, 0.1) is 11.3 Å². The number of amides is 1. The molecule has 134 valence electrons. The van der Waals surface area contributed by atoms with Crippen LogP contribution in [-0.2, 0) is 6.54 Å². The van der Waals surface area contributed by atoms with Crippen molar-refractivity contribution in [3.63, 3.8) is 0 Å². The van der Waals surface area contributed by atoms with E-state index in [1.54, 1.807) is 28.8 Å². The number of rotatable bonds is 3. The topological polar surface area (TPSA) is 70.8 Å². The summed E-state index contributed by atoms with van der Waals surface area (Å²) in [6, 6.07) is 4.89. The summed E-state index contributed by atoms with van der Waals surface area (Å²) in [7, 11) is 0. The maximum atomic E-state index is 12.5. The van der Waals surface area contributed by atoms with Gasteiger partial charge in [-0.3, -0.25) is 18.9 Å². The van der Waals surface area contributed by atoms with Gasteiger partial charge in [0.25, 0.3) is 11.5 Å². The molecule has 4 rings (SSSR count). The molecule has 0 unspecified atom stereocenters. The van der Waals surface area contributed by atoms with Crippen LogP contribution in [0.15, 0.2) is 40.8 Å². The number of pyridine rings is 1. The third kappa shape index (κ3) is 3.48. The number of carbonyl (C=O) groups is 1. The van der Waals surface area contributed by atoms with Crippen molar-refractivity contribution in [3.8, 4) is 0 Å². The lowest BCUT2D eigenvalue weighted by molar-refractivity contribution is 0.0626. The quantitative estimate of drug-likeness (QED) is 0.638. The molecule has 3 aromatic rings. The van der Waals surface area contributed by atoms with E-state index in [9.17, 15) is 9.59 Å². The van der Waals surface area contributed by atoms with Crippen molar-refractivity contribution in [2.75, 3.05) is 26.2 Å². The lowest BCUT2D eigenvalue weighted by Crippen LogP contribution is -2.48. The number of nitrogens with zero attached hydrogens (tertiary/aromatic N) is 5. The number of carbonyl (C=O) groups excluding carboxylic acids is 1. The van der Waals surface area contributed by atoms with Gasteiger partial charge in [0.1, 0.15) is 5.15 Å². The molecule has 9 heteroatoms. The van der Waals surface area contributed by atoms with Crippen molar-refractivity contribution >= 4 is 33.8 Å². The third-order valence-corrected chi connectivity index (χ3v) is 5.36. The average molecular weight is 390 g/mol. The van der Waals surface area contributed by atoms with Crippen molar-refractivity contribution in [2.24, 2.45) is 0 Å². The summed E-state index contributed by atoms with van der Waals surface area (Å²) in [5, 5.41) is 2.22. The molecule has 1 aliphatic rings. The zero-order valence-electron chi connectivity index (χ0n) is 13.8. The van der Waals surface area contributed by atoms with Crippen molar-refractivity contribution < 1.29 is 4.79 Å². The number of aromatic nitrogens is 3. The van der Waals surface area contributed by atoms with Crippen LogP contribution in [0, 0.1) is 0 Å². The summed E-state index contributed by atoms with van der Waals surface area (Å²) in [5.74, 6) is -0.0369. The Morgan fingerprint density at radius 3 is 2.77 bits per heavy atom. The number of halogens is 1. The molecule has 0 bridgehead atoms. The van der Waals surface area contributed by atoms with Crippen molar-refractivity contribution in [3.05, 3.63) is 62.7 Å². The normalized spacial score (nSPS) is 15.5. The number of piperazine rings is 1. The second kappa shape index (κ2) is 7.14. The van der Waals surface area contributed by atoms with Gasteiger partial charge in [-0.25, -0.2) is 9.97 Å². The summed E-state index contributed by atoms with van der Waals surface area (Å²) in [6.45, 7) is 3.33. The van der Waals surface area contributed by atoms with Crippen LogP contribution in [0.4, 0.5) is 0 Å². The number of thiazole rings is 1. The predicted molar refractivity (Wildman–Crippen MR) is 99.8 cm³/mol. The molecule has 4 heterocycles. The molecule has 0 aliphatic carbocycles. The molecule has 1 amide bonds. The summed E-state index contributed by atoms with van der Waals surface area (Å²) < 4.78 is 1.55. The van der Waals surface area contributed by atoms with E-state index in [1.165, 1.54) is 17.5 Å². The van der Waals surface area contributed by atoms with Crippen molar-refractivity contribution in [1.29, 1.82) is 0 Å². The minimum Gasteiger partial charge on any atom is -0.336 e. The smallest absolute Gasteiger partial charge is 0.258 e. The van der Waals surface area contributed by atoms with Gasteiger partial charge in [-0.2, -0.15) is 0 Å². The Kier molecular flexibility index (Phi) is 4.71. The second-order valence-electron chi connectivity index (χ2n) is 6.08. The van der Waals surface area contributed by atoms with Crippen LogP contribution in [0.25, 0.3) is 4.96 Å². The third-order valence-electron chi connectivity index (χ3n) is 4.38. The van der Waals surface area contributed by atoms with E-state index in [0.29, 0.717) is 35.3 Å². The first kappa shape index (κ1) is 17.1. The molecule has 0 aromatic carbocycles. The average Bonchev–Trinajstić information content (AvgIpc) is 3.12. The summed E-state index contributed by atoms with van der Waals surface area (Å²) in [5.41, 5.74) is 1.25. The van der Waals surface area contributed by atoms with Crippen LogP contribution in [0.1, 0.15) is 16.1 Å². The SMILES string of the molecule is O=C(c1ccc(Cl)nc1)N1CCN(Cc2cc(=O)n3ccsc3n2)CC1. The molecule has 1 fully saturated rings. The second-order valence-corrected chi connectivity index (χ2v) is 7.34. The minimum absolute atomic E-state index is 0.0369. The van der Waals surface area contributed by atoms with Crippen LogP contribution >= 0.6 is 22.9 Å². The van der Waals surface area contributed by atoms with E-state index in [4.69, 9.17) is 11.6 Å². The molecule has 7 nitrogen and oxygen atoms in total. The molecular formula is C17H16ClN5O2S. The van der Waals surface area contributed by atoms with E-state index < -0.39 is 0 Å². The highest BCUT2D eigenvalue weighted by atomic mass is 35.5. The Bertz CT molecular complexity index is 992. The van der Waals surface area contributed by atoms with Crippen LogP contribution < -0.4 is 5.56 Å². The highest BCUT2D eigenvalue weighted by Crippen LogP contribution is 2.13. The van der Waals surface area contributed by atoms with Crippen molar-refractivity contribution in [2.45, 2.75) is 6.54 Å². The fourth-order valence-corrected chi connectivity index (χ4v) is 3.84. The molecule has 1 saturated heterocycles. The fraction of sp³-hybridized carbons (Fsp3) is 0.294. The van der Waals surface area contributed by atoms with Crippen molar-refractivity contribution in [1.82, 2.24) is 24.2 Å². The van der Waals surface area contributed by atoms with Gasteiger partial charge >= 0.3 is 0 Å². The van der Waals surface area contributed by atoms with Gasteiger partial charge in [-0.1, -0.05) is 11.6 Å². The van der Waals surface area contributed by atoms with E-state index in [0.717, 1.165) is 18.8 Å². The van der Waals surface area contributed by atoms with Gasteiger partial charge in [0, 0.05) is 56.6 Å². The van der Waals surface area contributed by atoms with Crippen LogP contribution in [0.5, 0.6) is 0 Å². The maximum Gasteiger partial charge on any atom is 0.258 e. The molecular weight excluding hydrogens is 374 g/mol. The fourth-order valence-electron chi connectivity index (χ4n) is 2.99. The molecule has 0 atom stereocenters. The highest BCUT2D eigenvalue weighted by molar-refractivity contribution is 7.15. The van der Waals surface area contributed by atoms with Gasteiger partial charge in [-0.15, -0.1) is 11.3 Å². The molecule has 26 heavy (non-hydrogen) atoms. The summed E-state index contributed by atoms with van der Waals surface area (Å²) in [6.07, 6.45) is 3.24. The highest BCUT2D eigenvalue weighted by Gasteiger charge is 2.22. The molecule has 0 N–H and O–H groups in total. The van der Waals surface area contributed by atoms with Crippen LogP contribution in [-0.4, -0.2) is 56.3 Å². The van der Waals surface area contributed by atoms with E-state index in [-0.39, 0.29) is 11.5 Å². The molecule has 3 aromatic heterocycles. The van der Waals surface area contributed by atoms with Gasteiger partial charge in [0.2, 0.25) is 0 Å². The Hall–Kier alpha value is -2.29. The van der Waals surface area contributed by atoms with Gasteiger partial charge in [-0.05, 0) is 12.1 Å². The van der Waals surface area contributed by atoms with E-state index in [2.05, 4.69) is 14.9 Å². The number of fused-ring (bicyclic) bond motifs is 1. The minimum atomic E-state index is -0.0599. The first-order valence-corrected chi connectivity index (χ1v) is 9.45. The zero-order valence-corrected chi connectivity index (χ0v) is 15.4. The maximum absolute atomic E-state index is 12.5. The monoisotopic (exact) mass is 389 g/mol. The Morgan fingerprint density at radius 2 is 2.04 bits per heavy atom. The van der Waals surface area contributed by atoms with Gasteiger partial charge < -0.3 is 4.90 Å². The number of hydrogen-bond acceptors (Lipinski definition) is 6. The molecule has 0 saturated carbocycles. The first-order chi connectivity index (χ1) is 12.6. The first-order valence-electron chi connectivity index (χ1n) is 8.19. The zero-order chi connectivity index (χ0) is 18.1. The molecule has 0 spiro atoms. The largest absolute Gasteiger partial charge is 0.336 e. The Balaban J connectivity index is 1.39. The summed E-state index contributed by atoms with van der Waals surface area (Å²) >= 11 is 7.21. The number of hydrogen-bond donors (Lipinski definition) is 0. The van der Waals surface area contributed by atoms with Gasteiger partial charge in [0.15, 0.2) is 4.96 Å².